The number of hydrogen-bond acceptors (Lipinski definition) is 5. The van der Waals surface area contributed by atoms with Gasteiger partial charge in [0, 0.05) is 29.1 Å². The molecule has 0 fully saturated rings. The fourth-order valence-electron chi connectivity index (χ4n) is 2.78. The van der Waals surface area contributed by atoms with Crippen molar-refractivity contribution in [1.82, 2.24) is 5.32 Å². The fraction of sp³-hybridized carbons (Fsp3) is 0.364. The first kappa shape index (κ1) is 22.6. The van der Waals surface area contributed by atoms with E-state index in [1.165, 1.54) is 6.08 Å². The number of amides is 2. The van der Waals surface area contributed by atoms with Gasteiger partial charge >= 0.3 is 0 Å². The van der Waals surface area contributed by atoms with E-state index in [-0.39, 0.29) is 17.9 Å². The summed E-state index contributed by atoms with van der Waals surface area (Å²) in [6.45, 7) is 4.13. The standard InChI is InChI=1S/C22H29N3O3S/c1-15(2)13-17(25-22(27)20(23)14-19-5-4-12-29-19)8-11-21(26)24-16-6-9-18(28-3)10-7-16/h4-12,15,17,20H,13-14,23H2,1-3H3,(H,24,26)(H,25,27)/b11-8+/t17-,20+/m1/s1. The van der Waals surface area contributed by atoms with E-state index >= 15 is 0 Å². The maximum atomic E-state index is 12.5. The van der Waals surface area contributed by atoms with Crippen LogP contribution in [-0.4, -0.2) is 31.0 Å². The van der Waals surface area contributed by atoms with E-state index in [4.69, 9.17) is 10.5 Å². The van der Waals surface area contributed by atoms with Crippen LogP contribution in [0.5, 0.6) is 5.75 Å². The minimum Gasteiger partial charge on any atom is -0.497 e. The van der Waals surface area contributed by atoms with E-state index < -0.39 is 6.04 Å². The van der Waals surface area contributed by atoms with E-state index in [1.807, 2.05) is 17.5 Å². The number of carbonyl (C=O) groups is 2. The first-order valence-corrected chi connectivity index (χ1v) is 10.5. The van der Waals surface area contributed by atoms with Crippen LogP contribution in [0.3, 0.4) is 0 Å². The molecule has 156 valence electrons. The van der Waals surface area contributed by atoms with Crippen molar-refractivity contribution >= 4 is 28.8 Å². The summed E-state index contributed by atoms with van der Waals surface area (Å²) in [6.07, 6.45) is 4.38. The molecule has 6 nitrogen and oxygen atoms in total. The Kier molecular flexibility index (Phi) is 8.89. The molecule has 7 heteroatoms. The van der Waals surface area contributed by atoms with Crippen LogP contribution in [-0.2, 0) is 16.0 Å². The van der Waals surface area contributed by atoms with Crippen LogP contribution in [0.1, 0.15) is 25.1 Å². The van der Waals surface area contributed by atoms with Crippen molar-refractivity contribution in [3.05, 3.63) is 58.8 Å². The van der Waals surface area contributed by atoms with Gasteiger partial charge in [0.05, 0.1) is 13.2 Å². The van der Waals surface area contributed by atoms with Gasteiger partial charge in [0.15, 0.2) is 0 Å². The van der Waals surface area contributed by atoms with Gasteiger partial charge in [-0.1, -0.05) is 26.0 Å². The van der Waals surface area contributed by atoms with Crippen molar-refractivity contribution in [3.63, 3.8) is 0 Å². The van der Waals surface area contributed by atoms with Gasteiger partial charge in [0.2, 0.25) is 11.8 Å². The lowest BCUT2D eigenvalue weighted by Gasteiger charge is -2.20. The average molecular weight is 416 g/mol. The number of methoxy groups -OCH3 is 1. The highest BCUT2D eigenvalue weighted by Crippen LogP contribution is 2.15. The number of thiophene rings is 1. The third-order valence-electron chi connectivity index (χ3n) is 4.23. The van der Waals surface area contributed by atoms with E-state index in [1.54, 1.807) is 48.8 Å². The molecule has 0 spiro atoms. The molecular weight excluding hydrogens is 386 g/mol. The Bertz CT molecular complexity index is 801. The molecule has 0 aliphatic heterocycles. The molecule has 2 rings (SSSR count). The second-order valence-electron chi connectivity index (χ2n) is 7.21. The van der Waals surface area contributed by atoms with Crippen LogP contribution in [0.15, 0.2) is 53.9 Å². The van der Waals surface area contributed by atoms with Crippen molar-refractivity contribution in [1.29, 1.82) is 0 Å². The zero-order chi connectivity index (χ0) is 21.2. The number of benzene rings is 1. The number of anilines is 1. The second kappa shape index (κ2) is 11.4. The van der Waals surface area contributed by atoms with Crippen molar-refractivity contribution in [3.8, 4) is 5.75 Å². The van der Waals surface area contributed by atoms with Gasteiger partial charge in [0.25, 0.3) is 0 Å². The molecule has 0 bridgehead atoms. The number of hydrogen-bond donors (Lipinski definition) is 3. The quantitative estimate of drug-likeness (QED) is 0.519. The highest BCUT2D eigenvalue weighted by molar-refractivity contribution is 7.09. The van der Waals surface area contributed by atoms with E-state index in [9.17, 15) is 9.59 Å². The normalized spacial score (nSPS) is 13.3. The van der Waals surface area contributed by atoms with Crippen LogP contribution in [0.2, 0.25) is 0 Å². The van der Waals surface area contributed by atoms with Gasteiger partial charge in [-0.3, -0.25) is 9.59 Å². The zero-order valence-electron chi connectivity index (χ0n) is 17.1. The van der Waals surface area contributed by atoms with Gasteiger partial charge in [-0.05, 0) is 48.1 Å². The largest absolute Gasteiger partial charge is 0.497 e. The molecule has 0 aliphatic rings. The van der Waals surface area contributed by atoms with E-state index in [2.05, 4.69) is 24.5 Å². The molecular formula is C22H29N3O3S. The van der Waals surface area contributed by atoms with Gasteiger partial charge < -0.3 is 21.1 Å². The molecule has 0 radical (unpaired) electrons. The maximum Gasteiger partial charge on any atom is 0.248 e. The van der Waals surface area contributed by atoms with E-state index in [0.717, 1.165) is 10.6 Å². The topological polar surface area (TPSA) is 93.5 Å². The summed E-state index contributed by atoms with van der Waals surface area (Å²) in [5.41, 5.74) is 6.72. The summed E-state index contributed by atoms with van der Waals surface area (Å²) >= 11 is 1.58. The molecule has 1 aromatic heterocycles. The predicted molar refractivity (Wildman–Crippen MR) is 118 cm³/mol. The van der Waals surface area contributed by atoms with Gasteiger partial charge in [0.1, 0.15) is 5.75 Å². The third kappa shape index (κ3) is 8.09. The number of carbonyl (C=O) groups excluding carboxylic acids is 2. The molecule has 0 saturated heterocycles. The lowest BCUT2D eigenvalue weighted by Crippen LogP contribution is -2.46. The van der Waals surface area contributed by atoms with Crippen LogP contribution < -0.4 is 21.1 Å². The Morgan fingerprint density at radius 1 is 1.21 bits per heavy atom. The van der Waals surface area contributed by atoms with Crippen molar-refractivity contribution in [2.45, 2.75) is 38.8 Å². The van der Waals surface area contributed by atoms with Crippen LogP contribution >= 0.6 is 11.3 Å². The first-order chi connectivity index (χ1) is 13.9. The average Bonchev–Trinajstić information content (AvgIpc) is 3.19. The highest BCUT2D eigenvalue weighted by Gasteiger charge is 2.18. The summed E-state index contributed by atoms with van der Waals surface area (Å²) < 4.78 is 5.10. The number of rotatable bonds is 10. The molecule has 29 heavy (non-hydrogen) atoms. The fourth-order valence-corrected chi connectivity index (χ4v) is 3.55. The first-order valence-electron chi connectivity index (χ1n) is 9.59. The van der Waals surface area contributed by atoms with Gasteiger partial charge in [-0.15, -0.1) is 11.3 Å². The van der Waals surface area contributed by atoms with Gasteiger partial charge in [-0.25, -0.2) is 0 Å². The summed E-state index contributed by atoms with van der Waals surface area (Å²) in [7, 11) is 1.59. The SMILES string of the molecule is COc1ccc(NC(=O)/C=C/[C@H](CC(C)C)NC(=O)[C@@H](N)Cc2cccs2)cc1. The Hall–Kier alpha value is -2.64. The predicted octanol–water partition coefficient (Wildman–Crippen LogP) is 3.35. The summed E-state index contributed by atoms with van der Waals surface area (Å²) in [4.78, 5) is 25.8. The van der Waals surface area contributed by atoms with Crippen LogP contribution in [0.4, 0.5) is 5.69 Å². The smallest absolute Gasteiger partial charge is 0.248 e. The minimum atomic E-state index is -0.621. The Labute approximate surface area is 176 Å². The molecule has 2 amide bonds. The van der Waals surface area contributed by atoms with E-state index in [0.29, 0.717) is 24.4 Å². The minimum absolute atomic E-state index is 0.218. The van der Waals surface area contributed by atoms with Crippen molar-refractivity contribution in [2.24, 2.45) is 11.7 Å². The maximum absolute atomic E-state index is 12.5. The molecule has 2 atom stereocenters. The zero-order valence-corrected chi connectivity index (χ0v) is 17.9. The molecule has 2 aromatic rings. The second-order valence-corrected chi connectivity index (χ2v) is 8.24. The third-order valence-corrected chi connectivity index (χ3v) is 5.13. The molecule has 0 saturated carbocycles. The Morgan fingerprint density at radius 3 is 2.52 bits per heavy atom. The summed E-state index contributed by atoms with van der Waals surface area (Å²) in [5.74, 6) is 0.588. The summed E-state index contributed by atoms with van der Waals surface area (Å²) in [6, 6.07) is 10.1. The molecule has 0 unspecified atom stereocenters. The Balaban J connectivity index is 1.93. The number of nitrogens with one attached hydrogen (secondary N) is 2. The summed E-state index contributed by atoms with van der Waals surface area (Å²) in [5, 5.41) is 7.71. The lowest BCUT2D eigenvalue weighted by atomic mass is 10.0. The Morgan fingerprint density at radius 2 is 1.93 bits per heavy atom. The van der Waals surface area contributed by atoms with Gasteiger partial charge in [-0.2, -0.15) is 0 Å². The number of ether oxygens (including phenoxy) is 1. The molecule has 1 heterocycles. The van der Waals surface area contributed by atoms with Crippen molar-refractivity contribution in [2.75, 3.05) is 12.4 Å². The van der Waals surface area contributed by atoms with Crippen molar-refractivity contribution < 1.29 is 14.3 Å². The highest BCUT2D eigenvalue weighted by atomic mass is 32.1. The molecule has 4 N–H and O–H groups in total. The molecule has 1 aromatic carbocycles. The van der Waals surface area contributed by atoms with Crippen LogP contribution in [0, 0.1) is 5.92 Å². The van der Waals surface area contributed by atoms with Crippen LogP contribution in [0.25, 0.3) is 0 Å². The lowest BCUT2D eigenvalue weighted by molar-refractivity contribution is -0.122. The number of nitrogens with two attached hydrogens (primary N) is 1. The molecule has 0 aliphatic carbocycles. The monoisotopic (exact) mass is 415 g/mol.